The van der Waals surface area contributed by atoms with E-state index in [-0.39, 0.29) is 0 Å². The number of anilines is 1. The standard InChI is InChI=1S/C8H10F3N3O3/c9-8(10,11)6-3(1-13-7(12)14-6)5(17)4(16)2-15/h1,4-5,15-17H,2H2,(H2,12,13,14). The van der Waals surface area contributed by atoms with Crippen molar-refractivity contribution in [3.8, 4) is 0 Å². The first kappa shape index (κ1) is 13.6. The van der Waals surface area contributed by atoms with Crippen molar-refractivity contribution < 1.29 is 28.5 Å². The summed E-state index contributed by atoms with van der Waals surface area (Å²) in [7, 11) is 0. The van der Waals surface area contributed by atoms with Gasteiger partial charge in [0.05, 0.1) is 6.61 Å². The average molecular weight is 253 g/mol. The minimum absolute atomic E-state index is 0.605. The molecule has 0 radical (unpaired) electrons. The Labute approximate surface area is 93.5 Å². The van der Waals surface area contributed by atoms with Crippen molar-refractivity contribution in [2.24, 2.45) is 0 Å². The van der Waals surface area contributed by atoms with Crippen molar-refractivity contribution in [2.45, 2.75) is 18.4 Å². The number of alkyl halides is 3. The molecule has 0 aliphatic rings. The molecule has 0 bridgehead atoms. The zero-order valence-corrected chi connectivity index (χ0v) is 8.39. The van der Waals surface area contributed by atoms with E-state index in [9.17, 15) is 18.3 Å². The number of aromatic nitrogens is 2. The fraction of sp³-hybridized carbons (Fsp3) is 0.500. The van der Waals surface area contributed by atoms with Gasteiger partial charge in [0.1, 0.15) is 12.2 Å². The SMILES string of the molecule is Nc1ncc(C(O)C(O)CO)c(C(F)(F)F)n1. The van der Waals surface area contributed by atoms with Crippen molar-refractivity contribution in [3.05, 3.63) is 17.5 Å². The van der Waals surface area contributed by atoms with Crippen LogP contribution in [0.25, 0.3) is 0 Å². The predicted molar refractivity (Wildman–Crippen MR) is 49.5 cm³/mol. The van der Waals surface area contributed by atoms with E-state index >= 15 is 0 Å². The number of aliphatic hydroxyl groups excluding tert-OH is 3. The first-order valence-electron chi connectivity index (χ1n) is 4.44. The lowest BCUT2D eigenvalue weighted by molar-refractivity contribution is -0.143. The van der Waals surface area contributed by atoms with Crippen LogP contribution in [0.3, 0.4) is 0 Å². The maximum absolute atomic E-state index is 12.6. The molecule has 2 atom stereocenters. The Morgan fingerprint density at radius 2 is 1.94 bits per heavy atom. The van der Waals surface area contributed by atoms with E-state index in [2.05, 4.69) is 9.97 Å². The molecule has 1 aromatic heterocycles. The fourth-order valence-electron chi connectivity index (χ4n) is 1.16. The number of nitrogens with zero attached hydrogens (tertiary/aromatic N) is 2. The molecular weight excluding hydrogens is 243 g/mol. The highest BCUT2D eigenvalue weighted by Crippen LogP contribution is 2.33. The van der Waals surface area contributed by atoms with E-state index in [0.717, 1.165) is 0 Å². The van der Waals surface area contributed by atoms with Crippen LogP contribution in [0.1, 0.15) is 17.4 Å². The summed E-state index contributed by atoms with van der Waals surface area (Å²) < 4.78 is 37.7. The summed E-state index contributed by atoms with van der Waals surface area (Å²) in [6.45, 7) is -0.900. The third-order valence-corrected chi connectivity index (χ3v) is 1.97. The lowest BCUT2D eigenvalue weighted by atomic mass is 10.0. The summed E-state index contributed by atoms with van der Waals surface area (Å²) in [6.07, 6.45) is -7.89. The molecule has 0 spiro atoms. The molecule has 0 aliphatic heterocycles. The van der Waals surface area contributed by atoms with E-state index in [1.807, 2.05) is 0 Å². The molecule has 0 amide bonds. The molecule has 0 saturated heterocycles. The van der Waals surface area contributed by atoms with Crippen LogP contribution in [-0.2, 0) is 6.18 Å². The fourth-order valence-corrected chi connectivity index (χ4v) is 1.16. The maximum Gasteiger partial charge on any atom is 0.433 e. The normalized spacial score (nSPS) is 15.6. The van der Waals surface area contributed by atoms with Crippen molar-refractivity contribution in [2.75, 3.05) is 12.3 Å². The van der Waals surface area contributed by atoms with Crippen LogP contribution in [0.5, 0.6) is 0 Å². The van der Waals surface area contributed by atoms with Gasteiger partial charge in [-0.05, 0) is 0 Å². The van der Waals surface area contributed by atoms with E-state index in [0.29, 0.717) is 6.20 Å². The van der Waals surface area contributed by atoms with Gasteiger partial charge < -0.3 is 21.1 Å². The minimum Gasteiger partial charge on any atom is -0.394 e. The molecule has 9 heteroatoms. The molecule has 17 heavy (non-hydrogen) atoms. The lowest BCUT2D eigenvalue weighted by Crippen LogP contribution is -2.26. The van der Waals surface area contributed by atoms with E-state index in [4.69, 9.17) is 15.9 Å². The summed E-state index contributed by atoms with van der Waals surface area (Å²) >= 11 is 0. The van der Waals surface area contributed by atoms with Gasteiger partial charge in [0.25, 0.3) is 0 Å². The topological polar surface area (TPSA) is 112 Å². The molecule has 1 heterocycles. The Morgan fingerprint density at radius 1 is 1.35 bits per heavy atom. The zero-order valence-electron chi connectivity index (χ0n) is 8.39. The molecule has 5 N–H and O–H groups in total. The molecule has 0 saturated carbocycles. The maximum atomic E-state index is 12.6. The largest absolute Gasteiger partial charge is 0.433 e. The minimum atomic E-state index is -4.84. The summed E-state index contributed by atoms with van der Waals surface area (Å²) in [4.78, 5) is 6.28. The second-order valence-electron chi connectivity index (χ2n) is 3.22. The third kappa shape index (κ3) is 3.02. The molecule has 6 nitrogen and oxygen atoms in total. The first-order valence-corrected chi connectivity index (χ1v) is 4.44. The highest BCUT2D eigenvalue weighted by atomic mass is 19.4. The van der Waals surface area contributed by atoms with Crippen LogP contribution in [0.15, 0.2) is 6.20 Å². The van der Waals surface area contributed by atoms with Crippen molar-refractivity contribution in [1.82, 2.24) is 9.97 Å². The molecule has 1 aromatic rings. The van der Waals surface area contributed by atoms with Gasteiger partial charge in [-0.25, -0.2) is 9.97 Å². The smallest absolute Gasteiger partial charge is 0.394 e. The monoisotopic (exact) mass is 253 g/mol. The Morgan fingerprint density at radius 3 is 2.41 bits per heavy atom. The lowest BCUT2D eigenvalue weighted by Gasteiger charge is -2.19. The summed E-state index contributed by atoms with van der Waals surface area (Å²) in [5.41, 5.74) is 2.84. The van der Waals surface area contributed by atoms with Crippen LogP contribution in [0, 0.1) is 0 Å². The zero-order chi connectivity index (χ0) is 13.2. The average Bonchev–Trinajstić information content (AvgIpc) is 2.25. The molecule has 0 aromatic carbocycles. The van der Waals surface area contributed by atoms with Crippen LogP contribution in [-0.4, -0.2) is 38.0 Å². The molecule has 0 aliphatic carbocycles. The molecule has 2 unspecified atom stereocenters. The van der Waals surface area contributed by atoms with Gasteiger partial charge in [0.15, 0.2) is 5.69 Å². The number of nitrogens with two attached hydrogens (primary N) is 1. The van der Waals surface area contributed by atoms with Crippen LogP contribution >= 0.6 is 0 Å². The Kier molecular flexibility index (Phi) is 3.86. The third-order valence-electron chi connectivity index (χ3n) is 1.97. The molecule has 96 valence electrons. The summed E-state index contributed by atoms with van der Waals surface area (Å²) in [5.74, 6) is -0.605. The van der Waals surface area contributed by atoms with E-state index < -0.39 is 42.2 Å². The van der Waals surface area contributed by atoms with Gasteiger partial charge in [-0.2, -0.15) is 13.2 Å². The van der Waals surface area contributed by atoms with Crippen molar-refractivity contribution >= 4 is 5.95 Å². The second-order valence-corrected chi connectivity index (χ2v) is 3.22. The van der Waals surface area contributed by atoms with Gasteiger partial charge in [-0.3, -0.25) is 0 Å². The Bertz CT molecular complexity index is 399. The van der Waals surface area contributed by atoms with Crippen LogP contribution < -0.4 is 5.73 Å². The number of rotatable bonds is 3. The van der Waals surface area contributed by atoms with E-state index in [1.165, 1.54) is 0 Å². The number of hydrogen-bond donors (Lipinski definition) is 4. The van der Waals surface area contributed by atoms with Gasteiger partial charge >= 0.3 is 6.18 Å². The number of hydrogen-bond acceptors (Lipinski definition) is 6. The highest BCUT2D eigenvalue weighted by Gasteiger charge is 2.38. The Balaban J connectivity index is 3.24. The van der Waals surface area contributed by atoms with Crippen molar-refractivity contribution in [1.29, 1.82) is 0 Å². The van der Waals surface area contributed by atoms with Crippen LogP contribution in [0.4, 0.5) is 19.1 Å². The van der Waals surface area contributed by atoms with Crippen LogP contribution in [0.2, 0.25) is 0 Å². The summed E-state index contributed by atoms with van der Waals surface area (Å²) in [6, 6.07) is 0. The van der Waals surface area contributed by atoms with Crippen molar-refractivity contribution in [3.63, 3.8) is 0 Å². The van der Waals surface area contributed by atoms with Gasteiger partial charge in [0, 0.05) is 11.8 Å². The van der Waals surface area contributed by atoms with Gasteiger partial charge in [-0.1, -0.05) is 0 Å². The molecular formula is C8H10F3N3O3. The van der Waals surface area contributed by atoms with E-state index in [1.54, 1.807) is 0 Å². The van der Waals surface area contributed by atoms with Gasteiger partial charge in [0.2, 0.25) is 5.95 Å². The highest BCUT2D eigenvalue weighted by molar-refractivity contribution is 5.29. The quantitative estimate of drug-likeness (QED) is 0.575. The second kappa shape index (κ2) is 4.82. The molecule has 0 fully saturated rings. The van der Waals surface area contributed by atoms with Gasteiger partial charge in [-0.15, -0.1) is 0 Å². The number of halogens is 3. The molecule has 1 rings (SSSR count). The predicted octanol–water partition coefficient (Wildman–Crippen LogP) is -0.536. The first-order chi connectivity index (χ1) is 7.77. The number of aliphatic hydroxyl groups is 3. The number of nitrogen functional groups attached to an aromatic ring is 1. The summed E-state index contributed by atoms with van der Waals surface area (Å²) in [5, 5.41) is 27.0. The Hall–Kier alpha value is -1.45.